The van der Waals surface area contributed by atoms with E-state index in [-0.39, 0.29) is 24.8 Å². The van der Waals surface area contributed by atoms with Crippen molar-refractivity contribution in [2.75, 3.05) is 47.5 Å². The number of hydrogen-bond acceptors (Lipinski definition) is 5. The number of benzene rings is 1. The number of halogens is 2. The van der Waals surface area contributed by atoms with E-state index in [1.807, 2.05) is 6.07 Å². The van der Waals surface area contributed by atoms with Crippen LogP contribution in [0.3, 0.4) is 0 Å². The van der Waals surface area contributed by atoms with Crippen molar-refractivity contribution >= 4 is 24.8 Å². The monoisotopic (exact) mass is 380 g/mol. The lowest BCUT2D eigenvalue weighted by molar-refractivity contribution is 0.161. The van der Waals surface area contributed by atoms with Crippen LogP contribution in [0, 0.1) is 0 Å². The Balaban J connectivity index is 0.00000264. The summed E-state index contributed by atoms with van der Waals surface area (Å²) in [7, 11) is 5.04. The van der Waals surface area contributed by atoms with Gasteiger partial charge < -0.3 is 19.5 Å². The predicted molar refractivity (Wildman–Crippen MR) is 103 cm³/mol. The minimum Gasteiger partial charge on any atom is -0.496 e. The minimum atomic E-state index is 0. The van der Waals surface area contributed by atoms with E-state index in [1.54, 1.807) is 21.3 Å². The molecule has 0 bridgehead atoms. The quantitative estimate of drug-likeness (QED) is 0.785. The molecular weight excluding hydrogens is 351 g/mol. The first-order chi connectivity index (χ1) is 10.7. The van der Waals surface area contributed by atoms with E-state index in [0.29, 0.717) is 11.8 Å². The molecule has 0 saturated carbocycles. The van der Waals surface area contributed by atoms with Gasteiger partial charge in [0, 0.05) is 43.9 Å². The molecule has 0 spiro atoms. The van der Waals surface area contributed by atoms with Gasteiger partial charge in [0.2, 0.25) is 0 Å². The Morgan fingerprint density at radius 3 is 2.00 bits per heavy atom. The van der Waals surface area contributed by atoms with Crippen LogP contribution in [0.4, 0.5) is 0 Å². The van der Waals surface area contributed by atoms with Gasteiger partial charge in [-0.3, -0.25) is 4.90 Å². The zero-order valence-corrected chi connectivity index (χ0v) is 16.6. The molecule has 5 nitrogen and oxygen atoms in total. The van der Waals surface area contributed by atoms with Gasteiger partial charge in [0.05, 0.1) is 21.3 Å². The van der Waals surface area contributed by atoms with Gasteiger partial charge in [-0.25, -0.2) is 0 Å². The van der Waals surface area contributed by atoms with E-state index in [4.69, 9.17) is 14.2 Å². The molecule has 1 aliphatic rings. The van der Waals surface area contributed by atoms with Gasteiger partial charge in [0.25, 0.3) is 0 Å². The highest BCUT2D eigenvalue weighted by molar-refractivity contribution is 5.85. The van der Waals surface area contributed by atoms with Crippen LogP contribution < -0.4 is 19.5 Å². The summed E-state index contributed by atoms with van der Waals surface area (Å²) < 4.78 is 16.5. The van der Waals surface area contributed by atoms with Gasteiger partial charge in [-0.1, -0.05) is 13.3 Å². The van der Waals surface area contributed by atoms with Crippen molar-refractivity contribution in [1.29, 1.82) is 0 Å². The molecular formula is C17H30Cl2N2O3. The van der Waals surface area contributed by atoms with Gasteiger partial charge in [-0.15, -0.1) is 24.8 Å². The fourth-order valence-electron chi connectivity index (χ4n) is 3.12. The molecule has 1 atom stereocenters. The first-order valence-electron chi connectivity index (χ1n) is 7.99. The first kappa shape index (κ1) is 23.1. The Morgan fingerprint density at radius 1 is 0.958 bits per heavy atom. The summed E-state index contributed by atoms with van der Waals surface area (Å²) in [6.07, 6.45) is 2.23. The molecule has 7 heteroatoms. The Morgan fingerprint density at radius 2 is 1.50 bits per heavy atom. The Bertz CT molecular complexity index is 483. The summed E-state index contributed by atoms with van der Waals surface area (Å²) in [5.41, 5.74) is 1.18. The fourth-order valence-corrected chi connectivity index (χ4v) is 3.12. The van der Waals surface area contributed by atoms with Crippen LogP contribution in [-0.4, -0.2) is 52.4 Å². The molecule has 1 aliphatic heterocycles. The van der Waals surface area contributed by atoms with Crippen molar-refractivity contribution in [2.45, 2.75) is 25.8 Å². The van der Waals surface area contributed by atoms with Gasteiger partial charge in [-0.2, -0.15) is 0 Å². The number of methoxy groups -OCH3 is 3. The lowest BCUT2D eigenvalue weighted by Gasteiger charge is -2.36. The molecule has 0 aliphatic carbocycles. The molecule has 2 rings (SSSR count). The third-order valence-electron chi connectivity index (χ3n) is 4.25. The van der Waals surface area contributed by atoms with Gasteiger partial charge in [0.15, 0.2) is 11.5 Å². The average molecular weight is 381 g/mol. The summed E-state index contributed by atoms with van der Waals surface area (Å²) in [6, 6.07) is 4.35. The number of nitrogens with one attached hydrogen (secondary N) is 1. The third-order valence-corrected chi connectivity index (χ3v) is 4.25. The zero-order chi connectivity index (χ0) is 15.9. The normalized spacial score (nSPS) is 15.7. The summed E-state index contributed by atoms with van der Waals surface area (Å²) in [5.74, 6) is 2.34. The summed E-state index contributed by atoms with van der Waals surface area (Å²) in [5, 5.41) is 3.41. The van der Waals surface area contributed by atoms with Crippen LogP contribution in [0.1, 0.15) is 31.4 Å². The molecule has 1 aromatic rings. The van der Waals surface area contributed by atoms with Crippen LogP contribution >= 0.6 is 24.8 Å². The second kappa shape index (κ2) is 11.6. The summed E-state index contributed by atoms with van der Waals surface area (Å²) in [4.78, 5) is 2.53. The SMILES string of the molecule is CCC[C@H](c1cc(OC)c(OC)cc1OC)N1CCNCC1.Cl.Cl. The minimum absolute atomic E-state index is 0. The maximum absolute atomic E-state index is 5.63. The Hall–Kier alpha value is -0.880. The maximum Gasteiger partial charge on any atom is 0.164 e. The highest BCUT2D eigenvalue weighted by Gasteiger charge is 2.26. The van der Waals surface area contributed by atoms with Crippen LogP contribution in [0.25, 0.3) is 0 Å². The third kappa shape index (κ3) is 5.31. The van der Waals surface area contributed by atoms with E-state index in [9.17, 15) is 0 Å². The second-order valence-corrected chi connectivity index (χ2v) is 5.54. The van der Waals surface area contributed by atoms with Crippen LogP contribution in [0.2, 0.25) is 0 Å². The van der Waals surface area contributed by atoms with Crippen molar-refractivity contribution < 1.29 is 14.2 Å². The lowest BCUT2D eigenvalue weighted by Crippen LogP contribution is -2.45. The topological polar surface area (TPSA) is 43.0 Å². The highest BCUT2D eigenvalue weighted by atomic mass is 35.5. The largest absolute Gasteiger partial charge is 0.496 e. The van der Waals surface area contributed by atoms with Crippen LogP contribution in [0.5, 0.6) is 17.2 Å². The molecule has 1 fully saturated rings. The maximum atomic E-state index is 5.63. The summed E-state index contributed by atoms with van der Waals surface area (Å²) >= 11 is 0. The fraction of sp³-hybridized carbons (Fsp3) is 0.647. The highest BCUT2D eigenvalue weighted by Crippen LogP contribution is 2.40. The molecule has 0 unspecified atom stereocenters. The molecule has 0 amide bonds. The van der Waals surface area contributed by atoms with E-state index in [0.717, 1.165) is 50.5 Å². The van der Waals surface area contributed by atoms with Crippen LogP contribution in [0.15, 0.2) is 12.1 Å². The smallest absolute Gasteiger partial charge is 0.164 e. The van der Waals surface area contributed by atoms with Crippen molar-refractivity contribution in [3.63, 3.8) is 0 Å². The number of rotatable bonds is 7. The predicted octanol–water partition coefficient (Wildman–Crippen LogP) is 3.30. The Labute approximate surface area is 157 Å². The molecule has 1 heterocycles. The molecule has 0 radical (unpaired) electrons. The number of ether oxygens (including phenoxy) is 3. The van der Waals surface area contributed by atoms with E-state index in [1.165, 1.54) is 5.56 Å². The standard InChI is InChI=1S/C17H28N2O3.2ClH/c1-5-6-14(19-9-7-18-8-10-19)13-11-16(21-3)17(22-4)12-15(13)20-2;;/h11-12,14,18H,5-10H2,1-4H3;2*1H/t14-;;/m1../s1. The lowest BCUT2D eigenvalue weighted by atomic mass is 9.98. The van der Waals surface area contributed by atoms with Gasteiger partial charge >= 0.3 is 0 Å². The zero-order valence-electron chi connectivity index (χ0n) is 15.0. The van der Waals surface area contributed by atoms with E-state index >= 15 is 0 Å². The number of nitrogens with zero attached hydrogens (tertiary/aromatic N) is 1. The van der Waals surface area contributed by atoms with E-state index in [2.05, 4.69) is 23.2 Å². The molecule has 140 valence electrons. The number of piperazine rings is 1. The molecule has 24 heavy (non-hydrogen) atoms. The van der Waals surface area contributed by atoms with Crippen molar-refractivity contribution in [1.82, 2.24) is 10.2 Å². The molecule has 1 aromatic carbocycles. The molecule has 1 N–H and O–H groups in total. The van der Waals surface area contributed by atoms with Crippen molar-refractivity contribution in [2.24, 2.45) is 0 Å². The Kier molecular flexibility index (Phi) is 11.2. The van der Waals surface area contributed by atoms with E-state index < -0.39 is 0 Å². The van der Waals surface area contributed by atoms with Gasteiger partial charge in [-0.05, 0) is 12.5 Å². The second-order valence-electron chi connectivity index (χ2n) is 5.54. The number of hydrogen-bond donors (Lipinski definition) is 1. The van der Waals surface area contributed by atoms with Gasteiger partial charge in [0.1, 0.15) is 5.75 Å². The van der Waals surface area contributed by atoms with Crippen molar-refractivity contribution in [3.8, 4) is 17.2 Å². The summed E-state index contributed by atoms with van der Waals surface area (Å²) in [6.45, 7) is 6.42. The van der Waals surface area contributed by atoms with Crippen LogP contribution in [-0.2, 0) is 0 Å². The first-order valence-corrected chi connectivity index (χ1v) is 7.99. The average Bonchev–Trinajstić information content (AvgIpc) is 2.59. The molecule has 1 saturated heterocycles. The molecule has 0 aromatic heterocycles. The van der Waals surface area contributed by atoms with Crippen molar-refractivity contribution in [3.05, 3.63) is 17.7 Å².